The topological polar surface area (TPSA) is 97.6 Å². The Labute approximate surface area is 154 Å². The van der Waals surface area contributed by atoms with Gasteiger partial charge >= 0.3 is 0 Å². The zero-order chi connectivity index (χ0) is 18.5. The summed E-state index contributed by atoms with van der Waals surface area (Å²) >= 11 is 0. The molecule has 0 saturated carbocycles. The molecule has 0 bridgehead atoms. The van der Waals surface area contributed by atoms with E-state index in [4.69, 9.17) is 0 Å². The molecule has 0 aliphatic rings. The fraction of sp³-hybridized carbons (Fsp3) is 0. The summed E-state index contributed by atoms with van der Waals surface area (Å²) in [6.45, 7) is 0. The Morgan fingerprint density at radius 1 is 0.926 bits per heavy atom. The lowest BCUT2D eigenvalue weighted by atomic mass is 10.2. The minimum Gasteiger partial charge on any atom is -0.309 e. The lowest BCUT2D eigenvalue weighted by molar-refractivity contribution is 0.102. The van der Waals surface area contributed by atoms with E-state index in [2.05, 4.69) is 30.7 Å². The van der Waals surface area contributed by atoms with Crippen LogP contribution in [0.5, 0.6) is 0 Å². The van der Waals surface area contributed by atoms with Gasteiger partial charge in [0.15, 0.2) is 0 Å². The highest BCUT2D eigenvalue weighted by Crippen LogP contribution is 2.19. The summed E-state index contributed by atoms with van der Waals surface area (Å²) in [4.78, 5) is 24.8. The van der Waals surface area contributed by atoms with Crippen LogP contribution in [0.2, 0.25) is 0 Å². The van der Waals surface area contributed by atoms with Crippen LogP contribution >= 0.6 is 0 Å². The van der Waals surface area contributed by atoms with Crippen molar-refractivity contribution in [3.05, 3.63) is 84.8 Å². The number of nitrogens with one attached hydrogen (secondary N) is 2. The highest BCUT2D eigenvalue weighted by molar-refractivity contribution is 6.03. The van der Waals surface area contributed by atoms with Crippen LogP contribution < -0.4 is 10.6 Å². The molecule has 4 rings (SSSR count). The van der Waals surface area contributed by atoms with Gasteiger partial charge in [-0.15, -0.1) is 5.10 Å². The van der Waals surface area contributed by atoms with E-state index in [0.29, 0.717) is 17.3 Å². The number of carbonyl (C=O) groups excluding carboxylic acids is 1. The molecule has 8 nitrogen and oxygen atoms in total. The quantitative estimate of drug-likeness (QED) is 0.570. The Morgan fingerprint density at radius 3 is 2.37 bits per heavy atom. The lowest BCUT2D eigenvalue weighted by Crippen LogP contribution is -2.13. The number of nitrogens with zero attached hydrogens (tertiary/aromatic N) is 5. The number of carbonyl (C=O) groups is 1. The number of amides is 1. The summed E-state index contributed by atoms with van der Waals surface area (Å²) in [7, 11) is 0. The minimum absolute atomic E-state index is 0.185. The number of hydrogen-bond acceptors (Lipinski definition) is 6. The molecule has 4 aromatic rings. The van der Waals surface area contributed by atoms with Crippen molar-refractivity contribution in [1.29, 1.82) is 0 Å². The van der Waals surface area contributed by atoms with Crippen molar-refractivity contribution in [2.24, 2.45) is 0 Å². The third-order valence-electron chi connectivity index (χ3n) is 3.69. The van der Waals surface area contributed by atoms with Gasteiger partial charge in [-0.1, -0.05) is 36.4 Å². The van der Waals surface area contributed by atoms with E-state index in [1.807, 2.05) is 36.4 Å². The maximum atomic E-state index is 12.4. The van der Waals surface area contributed by atoms with E-state index < -0.39 is 0 Å². The molecule has 132 valence electrons. The van der Waals surface area contributed by atoms with Gasteiger partial charge in [0.05, 0.1) is 5.69 Å². The second-order valence-electron chi connectivity index (χ2n) is 5.55. The first kappa shape index (κ1) is 16.4. The molecule has 0 unspecified atom stereocenters. The molecule has 8 heteroatoms. The number of hydrogen-bond donors (Lipinski definition) is 2. The van der Waals surface area contributed by atoms with Crippen LogP contribution in [-0.4, -0.2) is 30.6 Å². The number of benzene rings is 2. The summed E-state index contributed by atoms with van der Waals surface area (Å²) < 4.78 is 1.60. The fourth-order valence-electron chi connectivity index (χ4n) is 2.44. The molecule has 2 N–H and O–H groups in total. The van der Waals surface area contributed by atoms with Crippen molar-refractivity contribution in [2.75, 3.05) is 10.6 Å². The Bertz CT molecular complexity index is 1030. The average Bonchev–Trinajstić information content (AvgIpc) is 3.12. The van der Waals surface area contributed by atoms with Gasteiger partial charge in [-0.2, -0.15) is 9.67 Å². The predicted octanol–water partition coefficient (Wildman–Crippen LogP) is 3.05. The molecule has 2 aromatic heterocycles. The maximum absolute atomic E-state index is 12.4. The predicted molar refractivity (Wildman–Crippen MR) is 101 cm³/mol. The van der Waals surface area contributed by atoms with Crippen molar-refractivity contribution in [3.8, 4) is 5.69 Å². The van der Waals surface area contributed by atoms with Crippen molar-refractivity contribution in [2.45, 2.75) is 0 Å². The molecular formula is C19H15N7O. The second kappa shape index (κ2) is 7.44. The van der Waals surface area contributed by atoms with Crippen molar-refractivity contribution < 1.29 is 4.79 Å². The molecule has 2 aromatic carbocycles. The summed E-state index contributed by atoms with van der Waals surface area (Å²) in [5.41, 5.74) is 1.32. The monoisotopic (exact) mass is 357 g/mol. The zero-order valence-electron chi connectivity index (χ0n) is 14.1. The van der Waals surface area contributed by atoms with E-state index in [1.165, 1.54) is 6.33 Å². The van der Waals surface area contributed by atoms with Gasteiger partial charge in [-0.05, 0) is 30.3 Å². The summed E-state index contributed by atoms with van der Waals surface area (Å²) in [6.07, 6.45) is 3.06. The van der Waals surface area contributed by atoms with Crippen molar-refractivity contribution in [1.82, 2.24) is 24.7 Å². The Kier molecular flexibility index (Phi) is 4.52. The summed E-state index contributed by atoms with van der Waals surface area (Å²) in [6, 6.07) is 20.1. The summed E-state index contributed by atoms with van der Waals surface area (Å²) in [5.74, 6) is 0.887. The molecule has 0 aliphatic carbocycles. The van der Waals surface area contributed by atoms with Gasteiger partial charge in [-0.3, -0.25) is 10.1 Å². The van der Waals surface area contributed by atoms with Crippen LogP contribution in [0.3, 0.4) is 0 Å². The van der Waals surface area contributed by atoms with Gasteiger partial charge < -0.3 is 5.32 Å². The van der Waals surface area contributed by atoms with Gasteiger partial charge in [-0.25, -0.2) is 9.97 Å². The molecular weight excluding hydrogens is 342 g/mol. The van der Waals surface area contributed by atoms with E-state index >= 15 is 0 Å². The third kappa shape index (κ3) is 3.79. The molecule has 0 spiro atoms. The number of rotatable bonds is 5. The molecule has 0 fully saturated rings. The van der Waals surface area contributed by atoms with Crippen molar-refractivity contribution in [3.63, 3.8) is 0 Å². The Morgan fingerprint density at radius 2 is 1.67 bits per heavy atom. The first-order chi connectivity index (χ1) is 13.3. The molecule has 0 saturated heterocycles. The van der Waals surface area contributed by atoms with Crippen molar-refractivity contribution >= 4 is 23.6 Å². The highest BCUT2D eigenvalue weighted by atomic mass is 16.1. The highest BCUT2D eigenvalue weighted by Gasteiger charge is 2.15. The molecule has 0 radical (unpaired) electrons. The largest absolute Gasteiger partial charge is 0.309 e. The van der Waals surface area contributed by atoms with Gasteiger partial charge in [0.25, 0.3) is 11.9 Å². The van der Waals surface area contributed by atoms with E-state index in [1.54, 1.807) is 41.2 Å². The lowest BCUT2D eigenvalue weighted by Gasteiger charge is -2.06. The first-order valence-corrected chi connectivity index (χ1v) is 8.21. The van der Waals surface area contributed by atoms with Gasteiger partial charge in [0, 0.05) is 11.8 Å². The number of para-hydroxylation sites is 1. The average molecular weight is 357 g/mol. The smallest absolute Gasteiger partial charge is 0.258 e. The summed E-state index contributed by atoms with van der Waals surface area (Å²) in [5, 5.41) is 10.2. The Hall–Kier alpha value is -4.07. The third-order valence-corrected chi connectivity index (χ3v) is 3.69. The van der Waals surface area contributed by atoms with Crippen LogP contribution in [0.4, 0.5) is 17.7 Å². The fourth-order valence-corrected chi connectivity index (χ4v) is 2.44. The number of aromatic nitrogens is 5. The normalized spacial score (nSPS) is 10.4. The van der Waals surface area contributed by atoms with E-state index in [-0.39, 0.29) is 11.9 Å². The van der Waals surface area contributed by atoms with Crippen LogP contribution in [-0.2, 0) is 0 Å². The standard InChI is InChI=1S/C19H15N7O/c27-17(14-7-3-1-4-8-14)23-18-24-19(22-16-11-12-20-13-21-16)26(25-18)15-9-5-2-6-10-15/h1-13H,(H2,20,21,22,23,24,25,27). The van der Waals surface area contributed by atoms with Crippen LogP contribution in [0.15, 0.2) is 79.3 Å². The maximum Gasteiger partial charge on any atom is 0.258 e. The molecule has 1 amide bonds. The molecule has 2 heterocycles. The van der Waals surface area contributed by atoms with Gasteiger partial charge in [0.1, 0.15) is 12.1 Å². The molecule has 0 atom stereocenters. The van der Waals surface area contributed by atoms with E-state index in [0.717, 1.165) is 5.69 Å². The number of anilines is 3. The SMILES string of the molecule is O=C(Nc1nc(Nc2ccncn2)n(-c2ccccc2)n1)c1ccccc1. The zero-order valence-corrected chi connectivity index (χ0v) is 14.1. The first-order valence-electron chi connectivity index (χ1n) is 8.21. The van der Waals surface area contributed by atoms with Gasteiger partial charge in [0.2, 0.25) is 5.95 Å². The van der Waals surface area contributed by atoms with Crippen LogP contribution in [0.25, 0.3) is 5.69 Å². The minimum atomic E-state index is -0.283. The molecule has 0 aliphatic heterocycles. The second-order valence-corrected chi connectivity index (χ2v) is 5.55. The molecule has 27 heavy (non-hydrogen) atoms. The van der Waals surface area contributed by atoms with Crippen LogP contribution in [0, 0.1) is 0 Å². The van der Waals surface area contributed by atoms with Crippen LogP contribution in [0.1, 0.15) is 10.4 Å². The van der Waals surface area contributed by atoms with E-state index in [9.17, 15) is 4.79 Å². The Balaban J connectivity index is 1.66.